The number of carbonyl (C=O) groups excluding carboxylic acids is 1. The van der Waals surface area contributed by atoms with Crippen molar-refractivity contribution in [3.05, 3.63) is 78.1 Å². The van der Waals surface area contributed by atoms with Gasteiger partial charge in [-0.2, -0.15) is 5.26 Å². The molecule has 2 aromatic carbocycles. The Morgan fingerprint density at radius 3 is 2.71 bits per heavy atom. The van der Waals surface area contributed by atoms with Crippen LogP contribution in [0.2, 0.25) is 0 Å². The molecule has 0 unspecified atom stereocenters. The third-order valence-electron chi connectivity index (χ3n) is 3.00. The number of ether oxygens (including phenoxy) is 1. The maximum atomic E-state index is 12.9. The lowest BCUT2D eigenvalue weighted by atomic mass is 10.1. The van der Waals surface area contributed by atoms with Crippen molar-refractivity contribution < 1.29 is 13.9 Å². The number of nitrogens with zero attached hydrogens (tertiary/aromatic N) is 1. The van der Waals surface area contributed by atoms with Gasteiger partial charge >= 0.3 is 0 Å². The first-order chi connectivity index (χ1) is 11.6. The van der Waals surface area contributed by atoms with Gasteiger partial charge in [0.25, 0.3) is 5.91 Å². The number of carbonyl (C=O) groups is 1. The zero-order chi connectivity index (χ0) is 17.4. The number of nitrogens with one attached hydrogen (secondary N) is 1. The number of rotatable bonds is 6. The van der Waals surface area contributed by atoms with E-state index in [9.17, 15) is 14.4 Å². The van der Waals surface area contributed by atoms with Crippen molar-refractivity contribution in [1.82, 2.24) is 0 Å². The van der Waals surface area contributed by atoms with Crippen LogP contribution in [0.25, 0.3) is 6.08 Å². The molecule has 0 aliphatic carbocycles. The summed E-state index contributed by atoms with van der Waals surface area (Å²) in [6, 6.07) is 14.2. The molecule has 0 aliphatic heterocycles. The van der Waals surface area contributed by atoms with E-state index in [2.05, 4.69) is 11.9 Å². The van der Waals surface area contributed by atoms with Crippen LogP contribution in [-0.4, -0.2) is 12.5 Å². The van der Waals surface area contributed by atoms with E-state index in [0.717, 1.165) is 0 Å². The van der Waals surface area contributed by atoms with Gasteiger partial charge in [-0.15, -0.1) is 0 Å². The van der Waals surface area contributed by atoms with Crippen LogP contribution in [0.4, 0.5) is 10.1 Å². The lowest BCUT2D eigenvalue weighted by Crippen LogP contribution is -2.13. The van der Waals surface area contributed by atoms with Crippen molar-refractivity contribution in [3.63, 3.8) is 0 Å². The lowest BCUT2D eigenvalue weighted by Gasteiger charge is -2.05. The van der Waals surface area contributed by atoms with Gasteiger partial charge in [0.1, 0.15) is 29.8 Å². The Morgan fingerprint density at radius 1 is 1.29 bits per heavy atom. The summed E-state index contributed by atoms with van der Waals surface area (Å²) < 4.78 is 18.3. The molecule has 2 aromatic rings. The van der Waals surface area contributed by atoms with E-state index < -0.39 is 11.7 Å². The average Bonchev–Trinajstić information content (AvgIpc) is 2.60. The fraction of sp³-hybridized carbons (Fsp3) is 0.0526. The highest BCUT2D eigenvalue weighted by Gasteiger charge is 2.10. The predicted octanol–water partition coefficient (Wildman–Crippen LogP) is 3.94. The number of nitriles is 1. The van der Waals surface area contributed by atoms with Gasteiger partial charge in [-0.3, -0.25) is 4.79 Å². The second kappa shape index (κ2) is 8.30. The Balaban J connectivity index is 2.16. The SMILES string of the molecule is C=CCOc1cccc(/C=C(/C#N)C(=O)Nc2ccc(F)cc2)c1. The molecule has 0 spiro atoms. The van der Waals surface area contributed by atoms with Gasteiger partial charge < -0.3 is 10.1 Å². The number of anilines is 1. The summed E-state index contributed by atoms with van der Waals surface area (Å²) in [5.41, 5.74) is 0.994. The molecular formula is C19H15FN2O2. The predicted molar refractivity (Wildman–Crippen MR) is 90.8 cm³/mol. The van der Waals surface area contributed by atoms with Crippen LogP contribution in [0.5, 0.6) is 5.75 Å². The van der Waals surface area contributed by atoms with Crippen LogP contribution in [0.15, 0.2) is 66.8 Å². The molecule has 5 heteroatoms. The second-order valence-corrected chi connectivity index (χ2v) is 4.80. The smallest absolute Gasteiger partial charge is 0.266 e. The summed E-state index contributed by atoms with van der Waals surface area (Å²) in [5.74, 6) is -0.359. The summed E-state index contributed by atoms with van der Waals surface area (Å²) in [5, 5.41) is 11.8. The van der Waals surface area contributed by atoms with Crippen molar-refractivity contribution >= 4 is 17.7 Å². The number of benzene rings is 2. The van der Waals surface area contributed by atoms with Crippen LogP contribution in [-0.2, 0) is 4.79 Å². The van der Waals surface area contributed by atoms with E-state index >= 15 is 0 Å². The number of amides is 1. The zero-order valence-electron chi connectivity index (χ0n) is 12.8. The van der Waals surface area contributed by atoms with Gasteiger partial charge in [0, 0.05) is 5.69 Å². The fourth-order valence-corrected chi connectivity index (χ4v) is 1.90. The minimum atomic E-state index is -0.568. The molecule has 0 fully saturated rings. The molecule has 0 aromatic heterocycles. The highest BCUT2D eigenvalue weighted by Crippen LogP contribution is 2.17. The van der Waals surface area contributed by atoms with Crippen LogP contribution in [0, 0.1) is 17.1 Å². The minimum absolute atomic E-state index is 0.0693. The zero-order valence-corrected chi connectivity index (χ0v) is 12.8. The Morgan fingerprint density at radius 2 is 2.04 bits per heavy atom. The van der Waals surface area contributed by atoms with E-state index in [0.29, 0.717) is 23.6 Å². The molecule has 1 amide bonds. The van der Waals surface area contributed by atoms with E-state index in [4.69, 9.17) is 4.74 Å². The summed E-state index contributed by atoms with van der Waals surface area (Å²) in [6.07, 6.45) is 3.08. The van der Waals surface area contributed by atoms with E-state index in [1.807, 2.05) is 6.07 Å². The number of hydrogen-bond donors (Lipinski definition) is 1. The van der Waals surface area contributed by atoms with Gasteiger partial charge in [0.05, 0.1) is 0 Å². The van der Waals surface area contributed by atoms with E-state index in [1.54, 1.807) is 30.3 Å². The van der Waals surface area contributed by atoms with Gasteiger partial charge in [0.15, 0.2) is 0 Å². The Labute approximate surface area is 139 Å². The van der Waals surface area contributed by atoms with Gasteiger partial charge in [-0.25, -0.2) is 4.39 Å². The first-order valence-electron chi connectivity index (χ1n) is 7.15. The van der Waals surface area contributed by atoms with Crippen LogP contribution in [0.3, 0.4) is 0 Å². The maximum absolute atomic E-state index is 12.9. The monoisotopic (exact) mass is 322 g/mol. The van der Waals surface area contributed by atoms with Crippen LogP contribution < -0.4 is 10.1 Å². The molecule has 0 atom stereocenters. The minimum Gasteiger partial charge on any atom is -0.490 e. The molecule has 0 bridgehead atoms. The molecule has 120 valence electrons. The van der Waals surface area contributed by atoms with E-state index in [1.165, 1.54) is 30.3 Å². The Hall–Kier alpha value is -3.39. The normalized spacial score (nSPS) is 10.6. The molecule has 4 nitrogen and oxygen atoms in total. The third-order valence-corrected chi connectivity index (χ3v) is 3.00. The van der Waals surface area contributed by atoms with Crippen LogP contribution in [0.1, 0.15) is 5.56 Å². The van der Waals surface area contributed by atoms with Crippen molar-refractivity contribution in [1.29, 1.82) is 5.26 Å². The molecule has 0 saturated heterocycles. The van der Waals surface area contributed by atoms with Crippen molar-refractivity contribution in [2.75, 3.05) is 11.9 Å². The topological polar surface area (TPSA) is 62.1 Å². The molecule has 0 saturated carbocycles. The highest BCUT2D eigenvalue weighted by atomic mass is 19.1. The third kappa shape index (κ3) is 4.82. The standard InChI is InChI=1S/C19H15FN2O2/c1-2-10-24-18-5-3-4-14(12-18)11-15(13-21)19(23)22-17-8-6-16(20)7-9-17/h2-9,11-12H,1,10H2,(H,22,23)/b15-11-. The molecule has 0 radical (unpaired) electrons. The molecule has 0 heterocycles. The molecule has 0 aliphatic rings. The summed E-state index contributed by atoms with van der Waals surface area (Å²) in [4.78, 5) is 12.1. The van der Waals surface area contributed by atoms with Crippen molar-refractivity contribution in [2.45, 2.75) is 0 Å². The van der Waals surface area contributed by atoms with Crippen LogP contribution >= 0.6 is 0 Å². The molecule has 1 N–H and O–H groups in total. The highest BCUT2D eigenvalue weighted by molar-refractivity contribution is 6.09. The van der Waals surface area contributed by atoms with E-state index in [-0.39, 0.29) is 5.57 Å². The van der Waals surface area contributed by atoms with Gasteiger partial charge in [-0.1, -0.05) is 24.8 Å². The van der Waals surface area contributed by atoms with Crippen molar-refractivity contribution in [2.24, 2.45) is 0 Å². The number of halogens is 1. The summed E-state index contributed by atoms with van der Waals surface area (Å²) in [7, 11) is 0. The average molecular weight is 322 g/mol. The van der Waals surface area contributed by atoms with Gasteiger partial charge in [0.2, 0.25) is 0 Å². The Kier molecular flexibility index (Phi) is 5.87. The molecular weight excluding hydrogens is 307 g/mol. The summed E-state index contributed by atoms with van der Waals surface area (Å²) in [6.45, 7) is 3.94. The maximum Gasteiger partial charge on any atom is 0.266 e. The fourth-order valence-electron chi connectivity index (χ4n) is 1.90. The number of hydrogen-bond acceptors (Lipinski definition) is 3. The first-order valence-corrected chi connectivity index (χ1v) is 7.15. The lowest BCUT2D eigenvalue weighted by molar-refractivity contribution is -0.112. The molecule has 2 rings (SSSR count). The largest absolute Gasteiger partial charge is 0.490 e. The summed E-state index contributed by atoms with van der Waals surface area (Å²) >= 11 is 0. The van der Waals surface area contributed by atoms with Crippen molar-refractivity contribution in [3.8, 4) is 11.8 Å². The van der Waals surface area contributed by atoms with Gasteiger partial charge in [-0.05, 0) is 48.0 Å². The Bertz CT molecular complexity index is 805. The first kappa shape index (κ1) is 17.0. The second-order valence-electron chi connectivity index (χ2n) is 4.80. The molecule has 24 heavy (non-hydrogen) atoms. The quantitative estimate of drug-likeness (QED) is 0.498.